The number of fused-ring (bicyclic) bond motifs is 1. The molecule has 4 aromatic rings. The SMILES string of the molecule is O=c1[nH]c2ccccc2c(=O)n1CCN1CCN(C(c2ccccc2)c2ccccc2)CC1. The lowest BCUT2D eigenvalue weighted by Gasteiger charge is -2.39. The molecule has 168 valence electrons. The molecule has 33 heavy (non-hydrogen) atoms. The highest BCUT2D eigenvalue weighted by Gasteiger charge is 2.26. The molecule has 5 rings (SSSR count). The van der Waals surface area contributed by atoms with E-state index in [0.29, 0.717) is 24.0 Å². The van der Waals surface area contributed by atoms with Crippen LogP contribution in [0, 0.1) is 0 Å². The summed E-state index contributed by atoms with van der Waals surface area (Å²) >= 11 is 0. The van der Waals surface area contributed by atoms with Crippen LogP contribution >= 0.6 is 0 Å². The third kappa shape index (κ3) is 4.53. The molecule has 1 N–H and O–H groups in total. The summed E-state index contributed by atoms with van der Waals surface area (Å²) in [6, 6.07) is 28.7. The number of piperazine rings is 1. The molecule has 0 saturated carbocycles. The minimum Gasteiger partial charge on any atom is -0.307 e. The van der Waals surface area contributed by atoms with Gasteiger partial charge < -0.3 is 4.98 Å². The van der Waals surface area contributed by atoms with E-state index in [9.17, 15) is 9.59 Å². The van der Waals surface area contributed by atoms with Gasteiger partial charge in [0.05, 0.1) is 16.9 Å². The fraction of sp³-hybridized carbons (Fsp3) is 0.259. The predicted octanol–water partition coefficient (Wildman–Crippen LogP) is 3.10. The highest BCUT2D eigenvalue weighted by atomic mass is 16.2. The smallest absolute Gasteiger partial charge is 0.307 e. The molecule has 0 spiro atoms. The zero-order valence-corrected chi connectivity index (χ0v) is 18.6. The Morgan fingerprint density at radius 1 is 0.697 bits per heavy atom. The van der Waals surface area contributed by atoms with Gasteiger partial charge in [0.15, 0.2) is 0 Å². The Balaban J connectivity index is 1.28. The lowest BCUT2D eigenvalue weighted by molar-refractivity contribution is 0.106. The Labute approximate surface area is 192 Å². The third-order valence-electron chi connectivity index (χ3n) is 6.53. The third-order valence-corrected chi connectivity index (χ3v) is 6.53. The first-order valence-corrected chi connectivity index (χ1v) is 11.5. The second-order valence-electron chi connectivity index (χ2n) is 8.53. The largest absolute Gasteiger partial charge is 0.328 e. The van der Waals surface area contributed by atoms with Crippen molar-refractivity contribution in [3.63, 3.8) is 0 Å². The maximum Gasteiger partial charge on any atom is 0.328 e. The van der Waals surface area contributed by atoms with E-state index in [0.717, 1.165) is 26.2 Å². The van der Waals surface area contributed by atoms with Crippen molar-refractivity contribution in [1.82, 2.24) is 19.4 Å². The molecule has 0 aliphatic carbocycles. The van der Waals surface area contributed by atoms with Crippen LogP contribution in [0.2, 0.25) is 0 Å². The minimum atomic E-state index is -0.342. The van der Waals surface area contributed by atoms with Crippen LogP contribution in [-0.2, 0) is 6.54 Å². The summed E-state index contributed by atoms with van der Waals surface area (Å²) in [5, 5.41) is 0.551. The number of para-hydroxylation sites is 1. The molecule has 2 heterocycles. The van der Waals surface area contributed by atoms with Crippen molar-refractivity contribution in [3.05, 3.63) is 117 Å². The van der Waals surface area contributed by atoms with Crippen LogP contribution in [-0.4, -0.2) is 52.1 Å². The fourth-order valence-corrected chi connectivity index (χ4v) is 4.77. The summed E-state index contributed by atoms with van der Waals surface area (Å²) in [6.07, 6.45) is 0. The van der Waals surface area contributed by atoms with E-state index >= 15 is 0 Å². The van der Waals surface area contributed by atoms with Crippen LogP contribution in [0.25, 0.3) is 10.9 Å². The van der Waals surface area contributed by atoms with Crippen molar-refractivity contribution in [2.24, 2.45) is 0 Å². The van der Waals surface area contributed by atoms with Crippen molar-refractivity contribution < 1.29 is 0 Å². The van der Waals surface area contributed by atoms with E-state index in [1.54, 1.807) is 12.1 Å². The lowest BCUT2D eigenvalue weighted by Crippen LogP contribution is -2.49. The number of nitrogens with zero attached hydrogens (tertiary/aromatic N) is 3. The summed E-state index contributed by atoms with van der Waals surface area (Å²) in [6.45, 7) is 4.72. The topological polar surface area (TPSA) is 61.3 Å². The number of hydrogen-bond donors (Lipinski definition) is 1. The van der Waals surface area contributed by atoms with Crippen molar-refractivity contribution in [2.75, 3.05) is 32.7 Å². The zero-order chi connectivity index (χ0) is 22.6. The van der Waals surface area contributed by atoms with E-state index in [4.69, 9.17) is 0 Å². The Hall–Kier alpha value is -3.48. The molecule has 0 atom stereocenters. The summed E-state index contributed by atoms with van der Waals surface area (Å²) < 4.78 is 1.32. The fourth-order valence-electron chi connectivity index (χ4n) is 4.77. The van der Waals surface area contributed by atoms with E-state index in [-0.39, 0.29) is 17.3 Å². The summed E-state index contributed by atoms with van der Waals surface area (Å²) in [5.74, 6) is 0. The van der Waals surface area contributed by atoms with E-state index < -0.39 is 0 Å². The van der Waals surface area contributed by atoms with Crippen molar-refractivity contribution in [3.8, 4) is 0 Å². The first-order valence-electron chi connectivity index (χ1n) is 11.5. The number of H-pyrrole nitrogens is 1. The molecule has 1 aliphatic heterocycles. The maximum absolute atomic E-state index is 12.8. The van der Waals surface area contributed by atoms with Crippen molar-refractivity contribution in [2.45, 2.75) is 12.6 Å². The Kier molecular flexibility index (Phi) is 6.19. The first-order chi connectivity index (χ1) is 16.2. The van der Waals surface area contributed by atoms with Crippen LogP contribution in [0.15, 0.2) is 94.5 Å². The average Bonchev–Trinajstić information content (AvgIpc) is 2.86. The molecule has 1 aliphatic rings. The Bertz CT molecular complexity index is 1280. The van der Waals surface area contributed by atoms with Gasteiger partial charge in [0.1, 0.15) is 0 Å². The number of nitrogens with one attached hydrogen (secondary N) is 1. The Morgan fingerprint density at radius 2 is 1.27 bits per heavy atom. The van der Waals surface area contributed by atoms with Gasteiger partial charge in [0.25, 0.3) is 5.56 Å². The van der Waals surface area contributed by atoms with Gasteiger partial charge in [-0.15, -0.1) is 0 Å². The molecule has 1 aromatic heterocycles. The number of benzene rings is 3. The van der Waals surface area contributed by atoms with Crippen LogP contribution in [0.1, 0.15) is 17.2 Å². The predicted molar refractivity (Wildman–Crippen MR) is 132 cm³/mol. The lowest BCUT2D eigenvalue weighted by atomic mass is 9.96. The molecule has 6 nitrogen and oxygen atoms in total. The number of aromatic amines is 1. The van der Waals surface area contributed by atoms with E-state index in [1.807, 2.05) is 12.1 Å². The van der Waals surface area contributed by atoms with E-state index in [2.05, 4.69) is 75.4 Å². The minimum absolute atomic E-state index is 0.221. The number of aromatic nitrogens is 2. The molecular weight excluding hydrogens is 412 g/mol. The van der Waals surface area contributed by atoms with Crippen LogP contribution in [0.5, 0.6) is 0 Å². The molecule has 0 radical (unpaired) electrons. The van der Waals surface area contributed by atoms with Gasteiger partial charge in [-0.25, -0.2) is 4.79 Å². The van der Waals surface area contributed by atoms with Gasteiger partial charge in [-0.1, -0.05) is 72.8 Å². The van der Waals surface area contributed by atoms with Crippen LogP contribution < -0.4 is 11.2 Å². The maximum atomic E-state index is 12.8. The molecule has 6 heteroatoms. The molecule has 0 unspecified atom stereocenters. The molecular formula is C27H28N4O2. The van der Waals surface area contributed by atoms with Gasteiger partial charge in [0.2, 0.25) is 0 Å². The summed E-state index contributed by atoms with van der Waals surface area (Å²) in [5.41, 5.74) is 2.62. The molecule has 1 fully saturated rings. The highest BCUT2D eigenvalue weighted by Crippen LogP contribution is 2.29. The second-order valence-corrected chi connectivity index (χ2v) is 8.53. The van der Waals surface area contributed by atoms with Crippen molar-refractivity contribution in [1.29, 1.82) is 0 Å². The van der Waals surface area contributed by atoms with Gasteiger partial charge in [0, 0.05) is 39.3 Å². The standard InChI is InChI=1S/C27H28N4O2/c32-26-23-13-7-8-14-24(23)28-27(33)31(26)20-17-29-15-18-30(19-16-29)25(21-9-3-1-4-10-21)22-11-5-2-6-12-22/h1-14,25H,15-20H2,(H,28,33). The normalized spacial score (nSPS) is 15.3. The molecule has 0 bridgehead atoms. The molecule has 3 aromatic carbocycles. The number of hydrogen-bond acceptors (Lipinski definition) is 4. The second kappa shape index (κ2) is 9.57. The first kappa shape index (κ1) is 21.4. The average molecular weight is 441 g/mol. The van der Waals surface area contributed by atoms with Gasteiger partial charge in [-0.05, 0) is 23.3 Å². The highest BCUT2D eigenvalue weighted by molar-refractivity contribution is 5.76. The monoisotopic (exact) mass is 440 g/mol. The quantitative estimate of drug-likeness (QED) is 0.501. The van der Waals surface area contributed by atoms with E-state index in [1.165, 1.54) is 15.7 Å². The van der Waals surface area contributed by atoms with Crippen LogP contribution in [0.4, 0.5) is 0 Å². The summed E-state index contributed by atoms with van der Waals surface area (Å²) in [7, 11) is 0. The number of rotatable bonds is 6. The van der Waals surface area contributed by atoms with Crippen LogP contribution in [0.3, 0.4) is 0 Å². The summed E-state index contributed by atoms with van der Waals surface area (Å²) in [4.78, 5) is 32.9. The van der Waals surface area contributed by atoms with Gasteiger partial charge in [-0.3, -0.25) is 19.2 Å². The Morgan fingerprint density at radius 3 is 1.91 bits per heavy atom. The zero-order valence-electron chi connectivity index (χ0n) is 18.6. The van der Waals surface area contributed by atoms with Crippen molar-refractivity contribution >= 4 is 10.9 Å². The van der Waals surface area contributed by atoms with Gasteiger partial charge >= 0.3 is 5.69 Å². The molecule has 0 amide bonds. The molecule has 1 saturated heterocycles. The van der Waals surface area contributed by atoms with Gasteiger partial charge in [-0.2, -0.15) is 0 Å².